The van der Waals surface area contributed by atoms with Gasteiger partial charge in [-0.05, 0) is 83.6 Å². The van der Waals surface area contributed by atoms with E-state index in [0.717, 1.165) is 30.4 Å². The van der Waals surface area contributed by atoms with Crippen LogP contribution in [-0.4, -0.2) is 30.6 Å². The summed E-state index contributed by atoms with van der Waals surface area (Å²) in [7, 11) is 0. The fourth-order valence-electron chi connectivity index (χ4n) is 4.75. The minimum Gasteiger partial charge on any atom is -0.335 e. The molecule has 1 unspecified atom stereocenters. The maximum atomic E-state index is 11.2. The van der Waals surface area contributed by atoms with E-state index in [1.165, 1.54) is 16.7 Å². The maximum absolute atomic E-state index is 11.2. The molecule has 2 heterocycles. The lowest BCUT2D eigenvalue weighted by Gasteiger charge is -2.46. The lowest BCUT2D eigenvalue weighted by Crippen LogP contribution is -2.49. The van der Waals surface area contributed by atoms with Crippen molar-refractivity contribution in [2.24, 2.45) is 16.3 Å². The van der Waals surface area contributed by atoms with E-state index in [1.807, 2.05) is 25.2 Å². The average Bonchev–Trinajstić information content (AvgIpc) is 2.66. The van der Waals surface area contributed by atoms with Crippen LogP contribution in [0.3, 0.4) is 0 Å². The first-order valence-electron chi connectivity index (χ1n) is 11.1. The normalized spacial score (nSPS) is 33.1. The number of fused-ring (bicyclic) bond motifs is 1. The molecule has 0 saturated carbocycles. The van der Waals surface area contributed by atoms with Crippen molar-refractivity contribution in [2.75, 3.05) is 6.54 Å². The lowest BCUT2D eigenvalue weighted by atomic mass is 9.77. The summed E-state index contributed by atoms with van der Waals surface area (Å²) in [6.45, 7) is 10.4. The van der Waals surface area contributed by atoms with Gasteiger partial charge in [-0.25, -0.2) is 0 Å². The standard InChI is InChI=1S/C25H34N2O4/c1-16(2)7-6-8-17(3)9-21-10-18(4)13-25(30-21)14-20(15-26-28)22-12-23(27-29)19(5)11-24(22)31-25/h7,9,11,13-14,21-24H,6,8,10,12,15H2,1-5H3/t21-,22-,23?,24-,25+/m1/s1. The smallest absolute Gasteiger partial charge is 0.209 e. The molecule has 0 bridgehead atoms. The molecule has 31 heavy (non-hydrogen) atoms. The summed E-state index contributed by atoms with van der Waals surface area (Å²) in [6.07, 6.45) is 13.3. The van der Waals surface area contributed by atoms with Crippen LogP contribution in [-0.2, 0) is 9.47 Å². The first-order chi connectivity index (χ1) is 14.7. The number of nitroso groups, excluding NO2 is 2. The lowest BCUT2D eigenvalue weighted by molar-refractivity contribution is -0.224. The number of ether oxygens (including phenoxy) is 2. The van der Waals surface area contributed by atoms with E-state index < -0.39 is 11.8 Å². The Morgan fingerprint density at radius 1 is 1.19 bits per heavy atom. The topological polar surface area (TPSA) is 77.3 Å². The van der Waals surface area contributed by atoms with Crippen LogP contribution < -0.4 is 0 Å². The summed E-state index contributed by atoms with van der Waals surface area (Å²) >= 11 is 0. The molecule has 6 nitrogen and oxygen atoms in total. The number of hydrogen-bond donors (Lipinski definition) is 0. The zero-order valence-electron chi connectivity index (χ0n) is 19.3. The number of rotatable bonds is 7. The largest absolute Gasteiger partial charge is 0.335 e. The molecule has 3 rings (SSSR count). The Morgan fingerprint density at radius 3 is 2.65 bits per heavy atom. The van der Waals surface area contributed by atoms with Crippen molar-refractivity contribution < 1.29 is 9.47 Å². The predicted octanol–water partition coefficient (Wildman–Crippen LogP) is 6.30. The summed E-state index contributed by atoms with van der Waals surface area (Å²) in [5, 5.41) is 6.38. The fourth-order valence-corrected chi connectivity index (χ4v) is 4.75. The van der Waals surface area contributed by atoms with Crippen molar-refractivity contribution in [1.82, 2.24) is 0 Å². The van der Waals surface area contributed by atoms with Gasteiger partial charge in [0.2, 0.25) is 5.79 Å². The van der Waals surface area contributed by atoms with E-state index in [1.54, 1.807) is 0 Å². The van der Waals surface area contributed by atoms with Crippen LogP contribution in [0, 0.1) is 15.7 Å². The molecule has 0 radical (unpaired) electrons. The molecule has 1 aliphatic carbocycles. The van der Waals surface area contributed by atoms with Crippen LogP contribution in [0.5, 0.6) is 0 Å². The highest BCUT2D eigenvalue weighted by Gasteiger charge is 2.46. The summed E-state index contributed by atoms with van der Waals surface area (Å²) in [4.78, 5) is 22.4. The third-order valence-corrected chi connectivity index (χ3v) is 6.25. The minimum absolute atomic E-state index is 0.0588. The zero-order valence-corrected chi connectivity index (χ0v) is 19.3. The fraction of sp³-hybridized carbons (Fsp3) is 0.600. The Kier molecular flexibility index (Phi) is 7.55. The van der Waals surface area contributed by atoms with Gasteiger partial charge in [-0.2, -0.15) is 9.81 Å². The molecule has 0 N–H and O–H groups in total. The molecule has 1 spiro atoms. The summed E-state index contributed by atoms with van der Waals surface area (Å²) in [5.41, 5.74) is 5.55. The van der Waals surface area contributed by atoms with Crippen LogP contribution >= 0.6 is 0 Å². The van der Waals surface area contributed by atoms with E-state index >= 15 is 0 Å². The van der Waals surface area contributed by atoms with E-state index in [2.05, 4.69) is 50.2 Å². The van der Waals surface area contributed by atoms with Gasteiger partial charge in [0.1, 0.15) is 12.6 Å². The van der Waals surface area contributed by atoms with Gasteiger partial charge in [0.25, 0.3) is 0 Å². The quantitative estimate of drug-likeness (QED) is 0.353. The van der Waals surface area contributed by atoms with Gasteiger partial charge < -0.3 is 9.47 Å². The number of hydrogen-bond acceptors (Lipinski definition) is 6. The highest BCUT2D eigenvalue weighted by molar-refractivity contribution is 5.33. The van der Waals surface area contributed by atoms with Crippen LogP contribution in [0.2, 0.25) is 0 Å². The number of allylic oxidation sites excluding steroid dienone is 3. The monoisotopic (exact) mass is 426 g/mol. The van der Waals surface area contributed by atoms with E-state index in [4.69, 9.17) is 9.47 Å². The summed E-state index contributed by atoms with van der Waals surface area (Å²) < 4.78 is 12.9. The van der Waals surface area contributed by atoms with Crippen molar-refractivity contribution in [1.29, 1.82) is 0 Å². The average molecular weight is 427 g/mol. The van der Waals surface area contributed by atoms with Crippen molar-refractivity contribution >= 4 is 0 Å². The molecule has 0 amide bonds. The Balaban J connectivity index is 1.87. The Bertz CT molecular complexity index is 863. The van der Waals surface area contributed by atoms with Gasteiger partial charge in [-0.3, -0.25) is 0 Å². The summed E-state index contributed by atoms with van der Waals surface area (Å²) in [6, 6.07) is -0.391. The molecular formula is C25H34N2O4. The Hall–Kier alpha value is -2.18. The van der Waals surface area contributed by atoms with Crippen molar-refractivity contribution in [2.45, 2.75) is 84.3 Å². The Morgan fingerprint density at radius 2 is 1.97 bits per heavy atom. The van der Waals surface area contributed by atoms with Gasteiger partial charge >= 0.3 is 0 Å². The second-order valence-electron chi connectivity index (χ2n) is 9.37. The molecule has 0 fully saturated rings. The predicted molar refractivity (Wildman–Crippen MR) is 123 cm³/mol. The molecule has 2 aliphatic heterocycles. The van der Waals surface area contributed by atoms with E-state index in [-0.39, 0.29) is 24.7 Å². The molecular weight excluding hydrogens is 392 g/mol. The first-order valence-corrected chi connectivity index (χ1v) is 11.1. The second-order valence-corrected chi connectivity index (χ2v) is 9.37. The molecule has 5 atom stereocenters. The molecule has 3 aliphatic rings. The van der Waals surface area contributed by atoms with Crippen LogP contribution in [0.4, 0.5) is 0 Å². The molecule has 0 aromatic rings. The first kappa shape index (κ1) is 23.5. The van der Waals surface area contributed by atoms with Crippen molar-refractivity contribution in [3.8, 4) is 0 Å². The number of nitrogens with zero attached hydrogens (tertiary/aromatic N) is 2. The molecule has 0 aromatic carbocycles. The SMILES string of the molecule is CC(C)=CCCC(C)=C[C@@H]1CC(C)=C[C@]2(C=C(CN=O)[C@H]3CC(N=O)C(C)=C[C@H]3O2)O1. The molecule has 168 valence electrons. The second kappa shape index (κ2) is 9.96. The highest BCUT2D eigenvalue weighted by atomic mass is 16.7. The maximum Gasteiger partial charge on any atom is 0.209 e. The van der Waals surface area contributed by atoms with Gasteiger partial charge in [0.05, 0.1) is 12.2 Å². The van der Waals surface area contributed by atoms with E-state index in [9.17, 15) is 9.81 Å². The van der Waals surface area contributed by atoms with Gasteiger partial charge in [-0.15, -0.1) is 0 Å². The molecule has 0 saturated heterocycles. The third kappa shape index (κ3) is 5.74. The molecule has 0 aromatic heterocycles. The van der Waals surface area contributed by atoms with E-state index in [0.29, 0.717) is 6.42 Å². The molecule has 6 heteroatoms. The van der Waals surface area contributed by atoms with Crippen LogP contribution in [0.25, 0.3) is 0 Å². The highest BCUT2D eigenvalue weighted by Crippen LogP contribution is 2.43. The zero-order chi connectivity index (χ0) is 22.6. The third-order valence-electron chi connectivity index (χ3n) is 6.25. The van der Waals surface area contributed by atoms with Gasteiger partial charge in [-0.1, -0.05) is 45.3 Å². The van der Waals surface area contributed by atoms with Gasteiger partial charge in [0.15, 0.2) is 0 Å². The van der Waals surface area contributed by atoms with Crippen LogP contribution in [0.15, 0.2) is 68.6 Å². The van der Waals surface area contributed by atoms with Crippen molar-refractivity contribution in [3.63, 3.8) is 0 Å². The van der Waals surface area contributed by atoms with Crippen LogP contribution in [0.1, 0.15) is 60.3 Å². The van der Waals surface area contributed by atoms with Gasteiger partial charge in [0, 0.05) is 5.92 Å². The Labute approximate surface area is 185 Å². The van der Waals surface area contributed by atoms with Crippen molar-refractivity contribution in [3.05, 3.63) is 68.1 Å². The summed E-state index contributed by atoms with van der Waals surface area (Å²) in [5.74, 6) is -1.11. The minimum atomic E-state index is -1.02.